The van der Waals surface area contributed by atoms with Crippen molar-refractivity contribution in [3.8, 4) is 12.3 Å². The summed E-state index contributed by atoms with van der Waals surface area (Å²) >= 11 is 1.52. The van der Waals surface area contributed by atoms with Crippen LogP contribution in [0.4, 0.5) is 4.79 Å². The fraction of sp³-hybridized carbons (Fsp3) is 0.636. The fourth-order valence-electron chi connectivity index (χ4n) is 1.07. The molecule has 0 aliphatic rings. The van der Waals surface area contributed by atoms with Crippen LogP contribution in [0.15, 0.2) is 0 Å². The topological polar surface area (TPSA) is 87.7 Å². The van der Waals surface area contributed by atoms with Crippen LogP contribution >= 0.6 is 11.8 Å². The van der Waals surface area contributed by atoms with E-state index in [1.165, 1.54) is 18.9 Å². The molecule has 0 heterocycles. The third-order valence-corrected chi connectivity index (χ3v) is 2.80. The number of carboxylic acids is 1. The molecule has 3 N–H and O–H groups in total. The lowest BCUT2D eigenvalue weighted by atomic mass is 10.2. The third kappa shape index (κ3) is 8.73. The maximum atomic E-state index is 11.4. The number of nitrogens with one attached hydrogen (secondary N) is 2. The van der Waals surface area contributed by atoms with E-state index >= 15 is 0 Å². The average Bonchev–Trinajstić information content (AvgIpc) is 2.33. The van der Waals surface area contributed by atoms with Crippen LogP contribution in [0, 0.1) is 12.3 Å². The molecule has 0 radical (unpaired) electrons. The lowest BCUT2D eigenvalue weighted by Gasteiger charge is -2.14. The van der Waals surface area contributed by atoms with Gasteiger partial charge in [-0.1, -0.05) is 5.92 Å². The zero-order valence-electron chi connectivity index (χ0n) is 10.3. The summed E-state index contributed by atoms with van der Waals surface area (Å²) in [4.78, 5) is 22.2. The first kappa shape index (κ1) is 16.6. The van der Waals surface area contributed by atoms with Gasteiger partial charge in [-0.25, -0.2) is 9.59 Å². The Morgan fingerprint density at radius 1 is 1.56 bits per heavy atom. The molecule has 0 saturated heterocycles. The molecule has 18 heavy (non-hydrogen) atoms. The van der Waals surface area contributed by atoms with Crippen LogP contribution in [0.1, 0.15) is 6.42 Å². The first-order valence-corrected chi connectivity index (χ1v) is 6.54. The van der Waals surface area contributed by atoms with Gasteiger partial charge in [0.25, 0.3) is 0 Å². The lowest BCUT2D eigenvalue weighted by Crippen LogP contribution is -2.46. The second kappa shape index (κ2) is 10.7. The van der Waals surface area contributed by atoms with Crippen molar-refractivity contribution in [3.63, 3.8) is 0 Å². The van der Waals surface area contributed by atoms with Crippen molar-refractivity contribution in [2.75, 3.05) is 31.8 Å². The molecular weight excluding hydrogens is 256 g/mol. The molecule has 0 rings (SSSR count). The summed E-state index contributed by atoms with van der Waals surface area (Å²) < 4.78 is 4.77. The molecule has 0 aliphatic heterocycles. The first-order chi connectivity index (χ1) is 8.61. The van der Waals surface area contributed by atoms with Gasteiger partial charge in [-0.15, -0.1) is 18.2 Å². The molecule has 6 nitrogen and oxygen atoms in total. The SMILES string of the molecule is C#CCSCCNC(=O)NC(CCOC)C(=O)O. The Balaban J connectivity index is 3.81. The number of hydrogen-bond donors (Lipinski definition) is 3. The van der Waals surface area contributed by atoms with E-state index in [1.807, 2.05) is 0 Å². The summed E-state index contributed by atoms with van der Waals surface area (Å²) in [5, 5.41) is 13.8. The number of aliphatic carboxylic acids is 1. The molecule has 0 aromatic carbocycles. The number of carboxylic acid groups (broad SMARTS) is 1. The summed E-state index contributed by atoms with van der Waals surface area (Å²) in [5.74, 6) is 2.67. The van der Waals surface area contributed by atoms with Crippen molar-refractivity contribution in [2.24, 2.45) is 0 Å². The standard InChI is InChI=1S/C11H18N2O4S/c1-3-7-18-8-5-12-11(16)13-9(10(14)15)4-6-17-2/h1,9H,4-8H2,2H3,(H,14,15)(H2,12,13,16). The molecule has 1 unspecified atom stereocenters. The number of ether oxygens (including phenoxy) is 1. The molecule has 102 valence electrons. The van der Waals surface area contributed by atoms with Crippen molar-refractivity contribution < 1.29 is 19.4 Å². The number of amides is 2. The van der Waals surface area contributed by atoms with E-state index in [-0.39, 0.29) is 13.0 Å². The van der Waals surface area contributed by atoms with Gasteiger partial charge >= 0.3 is 12.0 Å². The molecule has 0 saturated carbocycles. The van der Waals surface area contributed by atoms with Crippen LogP contribution in [0.3, 0.4) is 0 Å². The predicted molar refractivity (Wildman–Crippen MR) is 70.6 cm³/mol. The highest BCUT2D eigenvalue weighted by Gasteiger charge is 2.18. The number of carbonyl (C=O) groups is 2. The van der Waals surface area contributed by atoms with E-state index in [4.69, 9.17) is 16.3 Å². The fourth-order valence-corrected chi connectivity index (χ4v) is 1.58. The molecular formula is C11H18N2O4S. The summed E-state index contributed by atoms with van der Waals surface area (Å²) in [5.41, 5.74) is 0. The average molecular weight is 274 g/mol. The Bertz CT molecular complexity index is 304. The minimum Gasteiger partial charge on any atom is -0.480 e. The molecule has 7 heteroatoms. The molecule has 0 aliphatic carbocycles. The minimum atomic E-state index is -1.08. The minimum absolute atomic E-state index is 0.227. The largest absolute Gasteiger partial charge is 0.480 e. The van der Waals surface area contributed by atoms with Gasteiger partial charge in [-0.2, -0.15) is 0 Å². The van der Waals surface area contributed by atoms with E-state index in [0.717, 1.165) is 0 Å². The highest BCUT2D eigenvalue weighted by Crippen LogP contribution is 1.96. The highest BCUT2D eigenvalue weighted by molar-refractivity contribution is 7.99. The Labute approximate surface area is 111 Å². The van der Waals surface area contributed by atoms with E-state index in [0.29, 0.717) is 18.1 Å². The van der Waals surface area contributed by atoms with Gasteiger partial charge in [0.2, 0.25) is 0 Å². The van der Waals surface area contributed by atoms with Gasteiger partial charge < -0.3 is 20.5 Å². The van der Waals surface area contributed by atoms with Crippen LogP contribution in [0.25, 0.3) is 0 Å². The highest BCUT2D eigenvalue weighted by atomic mass is 32.2. The van der Waals surface area contributed by atoms with Crippen molar-refractivity contribution >= 4 is 23.8 Å². The smallest absolute Gasteiger partial charge is 0.326 e. The number of rotatable bonds is 9. The maximum Gasteiger partial charge on any atom is 0.326 e. The van der Waals surface area contributed by atoms with Crippen LogP contribution < -0.4 is 10.6 Å². The number of thioether (sulfide) groups is 1. The van der Waals surface area contributed by atoms with Crippen LogP contribution in [0.5, 0.6) is 0 Å². The molecule has 2 amide bonds. The Kier molecular flexibility index (Phi) is 9.91. The Hall–Kier alpha value is -1.39. The lowest BCUT2D eigenvalue weighted by molar-refractivity contribution is -0.139. The van der Waals surface area contributed by atoms with Crippen molar-refractivity contribution in [1.29, 1.82) is 0 Å². The number of carbonyl (C=O) groups excluding carboxylic acids is 1. The maximum absolute atomic E-state index is 11.4. The normalized spacial score (nSPS) is 11.3. The molecule has 0 spiro atoms. The summed E-state index contributed by atoms with van der Waals surface area (Å²) in [6.45, 7) is 0.712. The molecule has 0 bridgehead atoms. The van der Waals surface area contributed by atoms with Crippen LogP contribution in [-0.2, 0) is 9.53 Å². The zero-order chi connectivity index (χ0) is 13.8. The van der Waals surface area contributed by atoms with Crippen molar-refractivity contribution in [2.45, 2.75) is 12.5 Å². The van der Waals surface area contributed by atoms with Crippen LogP contribution in [-0.4, -0.2) is 54.9 Å². The Morgan fingerprint density at radius 2 is 2.28 bits per heavy atom. The van der Waals surface area contributed by atoms with E-state index in [2.05, 4.69) is 16.6 Å². The Morgan fingerprint density at radius 3 is 2.83 bits per heavy atom. The molecule has 0 fully saturated rings. The van der Waals surface area contributed by atoms with Gasteiger partial charge in [0.1, 0.15) is 6.04 Å². The summed E-state index contributed by atoms with van der Waals surface area (Å²) in [6.07, 6.45) is 5.30. The second-order valence-corrected chi connectivity index (χ2v) is 4.43. The third-order valence-electron chi connectivity index (χ3n) is 1.93. The van der Waals surface area contributed by atoms with Crippen LogP contribution in [0.2, 0.25) is 0 Å². The first-order valence-electron chi connectivity index (χ1n) is 5.39. The van der Waals surface area contributed by atoms with Gasteiger partial charge in [-0.05, 0) is 0 Å². The van der Waals surface area contributed by atoms with Gasteiger partial charge in [0.15, 0.2) is 0 Å². The van der Waals surface area contributed by atoms with E-state index in [9.17, 15) is 9.59 Å². The summed E-state index contributed by atoms with van der Waals surface area (Å²) in [7, 11) is 1.47. The number of terminal acetylenes is 1. The van der Waals surface area contributed by atoms with Gasteiger partial charge in [0, 0.05) is 32.4 Å². The summed E-state index contributed by atoms with van der Waals surface area (Å²) in [6, 6.07) is -1.44. The van der Waals surface area contributed by atoms with Gasteiger partial charge in [-0.3, -0.25) is 0 Å². The quantitative estimate of drug-likeness (QED) is 0.411. The number of urea groups is 1. The zero-order valence-corrected chi connectivity index (χ0v) is 11.1. The van der Waals surface area contributed by atoms with E-state index in [1.54, 1.807) is 0 Å². The number of methoxy groups -OCH3 is 1. The van der Waals surface area contributed by atoms with Crippen molar-refractivity contribution in [1.82, 2.24) is 10.6 Å². The number of hydrogen-bond acceptors (Lipinski definition) is 4. The molecule has 0 aromatic rings. The molecule has 0 aromatic heterocycles. The predicted octanol–water partition coefficient (Wildman–Crippen LogP) is 0.142. The molecule has 1 atom stereocenters. The van der Waals surface area contributed by atoms with E-state index < -0.39 is 18.0 Å². The monoisotopic (exact) mass is 274 g/mol. The van der Waals surface area contributed by atoms with Gasteiger partial charge in [0.05, 0.1) is 5.75 Å². The second-order valence-electron chi connectivity index (χ2n) is 3.33. The van der Waals surface area contributed by atoms with Crippen molar-refractivity contribution in [3.05, 3.63) is 0 Å².